The molecule has 0 spiro atoms. The Balaban J connectivity index is 3.15. The maximum Gasteiger partial charge on any atom is 0.448 e. The Morgan fingerprint density at radius 2 is 1.59 bits per heavy atom. The lowest BCUT2D eigenvalue weighted by molar-refractivity contribution is -0.305. The van der Waals surface area contributed by atoms with Crippen molar-refractivity contribution in [3.8, 4) is 0 Å². The second-order valence-corrected chi connectivity index (χ2v) is 5.25. The van der Waals surface area contributed by atoms with Crippen LogP contribution in [0.4, 0.5) is 36.8 Å². The SMILES string of the molecule is CCOC(=O)C(NC(=O)Nc1ccc(C)cc1)(OCC(F)(F)F)C(F)(F)F. The fourth-order valence-corrected chi connectivity index (χ4v) is 1.80. The fraction of sp³-hybridized carbons (Fsp3) is 0.467. The monoisotopic (exact) mass is 402 g/mol. The Hall–Kier alpha value is -2.50. The number of carbonyl (C=O) groups is 2. The van der Waals surface area contributed by atoms with Crippen LogP contribution < -0.4 is 10.6 Å². The van der Waals surface area contributed by atoms with Crippen LogP contribution in [0.3, 0.4) is 0 Å². The molecule has 0 bridgehead atoms. The number of rotatable bonds is 6. The third-order valence-corrected chi connectivity index (χ3v) is 3.01. The second-order valence-electron chi connectivity index (χ2n) is 5.25. The van der Waals surface area contributed by atoms with Gasteiger partial charge in [0, 0.05) is 5.69 Å². The molecule has 0 aromatic heterocycles. The highest BCUT2D eigenvalue weighted by Crippen LogP contribution is 2.34. The summed E-state index contributed by atoms with van der Waals surface area (Å²) in [5, 5.41) is 3.09. The van der Waals surface area contributed by atoms with E-state index in [4.69, 9.17) is 0 Å². The minimum atomic E-state index is -5.74. The number of ether oxygens (including phenoxy) is 2. The normalized spacial score (nSPS) is 14.2. The lowest BCUT2D eigenvalue weighted by Gasteiger charge is -2.33. The number of esters is 1. The summed E-state index contributed by atoms with van der Waals surface area (Å²) >= 11 is 0. The van der Waals surface area contributed by atoms with Crippen molar-refractivity contribution >= 4 is 17.7 Å². The molecule has 27 heavy (non-hydrogen) atoms. The molecular formula is C15H16F6N2O4. The molecule has 0 aliphatic heterocycles. The lowest BCUT2D eigenvalue weighted by Crippen LogP contribution is -2.67. The van der Waals surface area contributed by atoms with Gasteiger partial charge in [0.2, 0.25) is 0 Å². The first-order valence-corrected chi connectivity index (χ1v) is 7.41. The molecule has 2 N–H and O–H groups in total. The summed E-state index contributed by atoms with van der Waals surface area (Å²) in [5.41, 5.74) is -3.52. The van der Waals surface area contributed by atoms with Gasteiger partial charge in [-0.1, -0.05) is 17.7 Å². The average molecular weight is 402 g/mol. The van der Waals surface area contributed by atoms with Crippen molar-refractivity contribution in [3.05, 3.63) is 29.8 Å². The van der Waals surface area contributed by atoms with E-state index in [1.807, 2.05) is 5.32 Å². The first kappa shape index (κ1) is 22.5. The third kappa shape index (κ3) is 6.31. The predicted molar refractivity (Wildman–Crippen MR) is 80.8 cm³/mol. The first-order valence-electron chi connectivity index (χ1n) is 7.41. The van der Waals surface area contributed by atoms with Gasteiger partial charge < -0.3 is 14.8 Å². The minimum absolute atomic E-state index is 0.0360. The third-order valence-electron chi connectivity index (χ3n) is 3.01. The van der Waals surface area contributed by atoms with Crippen LogP contribution in [0.5, 0.6) is 0 Å². The molecule has 1 aromatic rings. The quantitative estimate of drug-likeness (QED) is 0.434. The molecule has 0 heterocycles. The summed E-state index contributed by atoms with van der Waals surface area (Å²) in [7, 11) is 0. The lowest BCUT2D eigenvalue weighted by atomic mass is 10.2. The van der Waals surface area contributed by atoms with E-state index in [0.29, 0.717) is 0 Å². The molecule has 2 amide bonds. The van der Waals surface area contributed by atoms with Crippen LogP contribution in [-0.4, -0.2) is 43.3 Å². The largest absolute Gasteiger partial charge is 0.462 e. The number of alkyl halides is 6. The van der Waals surface area contributed by atoms with E-state index < -0.39 is 43.3 Å². The van der Waals surface area contributed by atoms with Crippen LogP contribution in [-0.2, 0) is 14.3 Å². The maximum atomic E-state index is 13.4. The van der Waals surface area contributed by atoms with Gasteiger partial charge in [0.1, 0.15) is 6.61 Å². The number of nitrogens with one attached hydrogen (secondary N) is 2. The zero-order valence-corrected chi connectivity index (χ0v) is 14.1. The molecule has 1 unspecified atom stereocenters. The average Bonchev–Trinajstić information content (AvgIpc) is 2.51. The van der Waals surface area contributed by atoms with Gasteiger partial charge in [0.05, 0.1) is 6.61 Å². The number of hydrogen-bond acceptors (Lipinski definition) is 4. The van der Waals surface area contributed by atoms with E-state index in [1.54, 1.807) is 6.92 Å². The maximum absolute atomic E-state index is 13.4. The zero-order valence-electron chi connectivity index (χ0n) is 14.1. The van der Waals surface area contributed by atoms with E-state index in [0.717, 1.165) is 17.8 Å². The second kappa shape index (κ2) is 8.46. The van der Waals surface area contributed by atoms with E-state index in [2.05, 4.69) is 9.47 Å². The van der Waals surface area contributed by atoms with E-state index in [-0.39, 0.29) is 5.69 Å². The van der Waals surface area contributed by atoms with Gasteiger partial charge in [-0.2, -0.15) is 26.3 Å². The van der Waals surface area contributed by atoms with Crippen LogP contribution in [0.1, 0.15) is 12.5 Å². The minimum Gasteiger partial charge on any atom is -0.462 e. The number of halogens is 6. The van der Waals surface area contributed by atoms with Crippen molar-refractivity contribution in [3.63, 3.8) is 0 Å². The summed E-state index contributed by atoms with van der Waals surface area (Å²) in [6, 6.07) is 4.11. The molecule has 0 aliphatic carbocycles. The number of hydrogen-bond donors (Lipinski definition) is 2. The highest BCUT2D eigenvalue weighted by Gasteiger charge is 2.66. The Bertz CT molecular complexity index is 660. The van der Waals surface area contributed by atoms with Gasteiger partial charge in [0.25, 0.3) is 0 Å². The highest BCUT2D eigenvalue weighted by atomic mass is 19.4. The van der Waals surface area contributed by atoms with Gasteiger partial charge in [-0.3, -0.25) is 5.32 Å². The van der Waals surface area contributed by atoms with Gasteiger partial charge in [-0.25, -0.2) is 9.59 Å². The smallest absolute Gasteiger partial charge is 0.448 e. The number of amides is 2. The molecule has 1 atom stereocenters. The summed E-state index contributed by atoms with van der Waals surface area (Å²) in [4.78, 5) is 23.7. The van der Waals surface area contributed by atoms with Crippen molar-refractivity contribution in [2.24, 2.45) is 0 Å². The fourth-order valence-electron chi connectivity index (χ4n) is 1.80. The van der Waals surface area contributed by atoms with Crippen molar-refractivity contribution in [2.45, 2.75) is 31.9 Å². The molecule has 6 nitrogen and oxygen atoms in total. The summed E-state index contributed by atoms with van der Waals surface area (Å²) in [5.74, 6) is -2.24. The van der Waals surface area contributed by atoms with Gasteiger partial charge >= 0.3 is 30.1 Å². The molecule has 1 aromatic carbocycles. The molecule has 0 saturated carbocycles. The van der Waals surface area contributed by atoms with Crippen LogP contribution in [0, 0.1) is 6.92 Å². The summed E-state index contributed by atoms with van der Waals surface area (Å²) in [6.07, 6.45) is -10.9. The Morgan fingerprint density at radius 3 is 2.04 bits per heavy atom. The van der Waals surface area contributed by atoms with Crippen LogP contribution in [0.2, 0.25) is 0 Å². The number of aryl methyl sites for hydroxylation is 1. The number of benzene rings is 1. The molecule has 0 aliphatic rings. The Kier molecular flexibility index (Phi) is 7.06. The topological polar surface area (TPSA) is 76.7 Å². The number of anilines is 1. The van der Waals surface area contributed by atoms with Crippen molar-refractivity contribution in [1.82, 2.24) is 5.32 Å². The van der Waals surface area contributed by atoms with Crippen LogP contribution in [0.25, 0.3) is 0 Å². The Labute approximate surface area is 149 Å². The molecular weight excluding hydrogens is 386 g/mol. The first-order chi connectivity index (χ1) is 12.3. The van der Waals surface area contributed by atoms with Crippen molar-refractivity contribution in [1.29, 1.82) is 0 Å². The van der Waals surface area contributed by atoms with E-state index in [9.17, 15) is 35.9 Å². The van der Waals surface area contributed by atoms with Crippen LogP contribution in [0.15, 0.2) is 24.3 Å². The van der Waals surface area contributed by atoms with Gasteiger partial charge in [-0.05, 0) is 26.0 Å². The molecule has 0 fully saturated rings. The molecule has 0 saturated heterocycles. The number of urea groups is 1. The van der Waals surface area contributed by atoms with E-state index in [1.165, 1.54) is 24.3 Å². The molecule has 152 valence electrons. The zero-order chi connectivity index (χ0) is 20.9. The molecule has 0 radical (unpaired) electrons. The van der Waals surface area contributed by atoms with Gasteiger partial charge in [0.15, 0.2) is 0 Å². The predicted octanol–water partition coefficient (Wildman–Crippen LogP) is 3.52. The molecule has 1 rings (SSSR count). The standard InChI is InChI=1S/C15H16F6N2O4/c1-3-26-11(24)14(15(19,20)21,27-8-13(16,17)18)23-12(25)22-10-6-4-9(2)5-7-10/h4-7H,3,8H2,1-2H3,(H2,22,23,25). The summed E-state index contributed by atoms with van der Waals surface area (Å²) < 4.78 is 85.4. The van der Waals surface area contributed by atoms with Gasteiger partial charge in [-0.15, -0.1) is 0 Å². The van der Waals surface area contributed by atoms with Crippen molar-refractivity contribution in [2.75, 3.05) is 18.5 Å². The molecule has 12 heteroatoms. The Morgan fingerprint density at radius 1 is 1.04 bits per heavy atom. The number of carbonyl (C=O) groups excluding carboxylic acids is 2. The summed E-state index contributed by atoms with van der Waals surface area (Å²) in [6.45, 7) is -0.192. The van der Waals surface area contributed by atoms with Crippen LogP contribution >= 0.6 is 0 Å². The highest BCUT2D eigenvalue weighted by molar-refractivity contribution is 5.94. The van der Waals surface area contributed by atoms with Crippen molar-refractivity contribution < 1.29 is 45.4 Å². The van der Waals surface area contributed by atoms with E-state index >= 15 is 0 Å².